The molecule has 0 radical (unpaired) electrons. The highest BCUT2D eigenvalue weighted by Gasteiger charge is 2.24. The molecule has 0 unspecified atom stereocenters. The molecule has 0 atom stereocenters. The van der Waals surface area contributed by atoms with Crippen molar-refractivity contribution in [1.29, 1.82) is 0 Å². The first kappa shape index (κ1) is 18.3. The Morgan fingerprint density at radius 3 is 2.42 bits per heavy atom. The Hall–Kier alpha value is -2.49. The lowest BCUT2D eigenvalue weighted by Gasteiger charge is -2.25. The number of anilines is 3. The molecule has 3 aromatic rings. The smallest absolute Gasteiger partial charge is 0.292 e. The van der Waals surface area contributed by atoms with Crippen LogP contribution in [0.25, 0.3) is 0 Å². The van der Waals surface area contributed by atoms with Gasteiger partial charge in [0, 0.05) is 30.6 Å². The Morgan fingerprint density at radius 2 is 1.77 bits per heavy atom. The molecule has 1 N–H and O–H groups in total. The van der Waals surface area contributed by atoms with E-state index < -0.39 is 4.92 Å². The van der Waals surface area contributed by atoms with Crippen molar-refractivity contribution < 1.29 is 4.92 Å². The lowest BCUT2D eigenvalue weighted by atomic mass is 10.3. The van der Waals surface area contributed by atoms with Gasteiger partial charge in [-0.3, -0.25) is 15.5 Å². The van der Waals surface area contributed by atoms with Crippen LogP contribution >= 0.6 is 39.1 Å². The third-order valence-corrected chi connectivity index (χ3v) is 4.02. The van der Waals surface area contributed by atoms with Crippen molar-refractivity contribution in [2.45, 2.75) is 0 Å². The predicted molar refractivity (Wildman–Crippen MR) is 103 cm³/mol. The minimum Gasteiger partial charge on any atom is -0.292 e. The number of pyridine rings is 3. The zero-order chi connectivity index (χ0) is 18.7. The first-order valence-electron chi connectivity index (χ1n) is 7.05. The SMILES string of the molecule is O=[N+]([O-])c1ccc(Br)nc1N(Nc1ccnc(Cl)c1)c1ccnc(Cl)c1. The summed E-state index contributed by atoms with van der Waals surface area (Å²) in [5.41, 5.74) is 3.88. The summed E-state index contributed by atoms with van der Waals surface area (Å²) in [6.07, 6.45) is 2.99. The molecular formula is C15H9BrCl2N6O2. The maximum absolute atomic E-state index is 11.5. The molecule has 26 heavy (non-hydrogen) atoms. The Balaban J connectivity index is 2.15. The zero-order valence-corrected chi connectivity index (χ0v) is 15.9. The van der Waals surface area contributed by atoms with Crippen LogP contribution in [0.3, 0.4) is 0 Å². The van der Waals surface area contributed by atoms with Crippen molar-refractivity contribution in [3.63, 3.8) is 0 Å². The summed E-state index contributed by atoms with van der Waals surface area (Å²) >= 11 is 15.1. The van der Waals surface area contributed by atoms with Crippen LogP contribution in [0.1, 0.15) is 0 Å². The van der Waals surface area contributed by atoms with Crippen molar-refractivity contribution in [3.8, 4) is 0 Å². The van der Waals surface area contributed by atoms with Crippen molar-refractivity contribution >= 4 is 62.0 Å². The maximum atomic E-state index is 11.5. The van der Waals surface area contributed by atoms with Gasteiger partial charge in [-0.15, -0.1) is 0 Å². The van der Waals surface area contributed by atoms with Gasteiger partial charge < -0.3 is 0 Å². The van der Waals surface area contributed by atoms with Gasteiger partial charge in [0.15, 0.2) is 0 Å². The number of nitro groups is 1. The number of aromatic nitrogens is 3. The van der Waals surface area contributed by atoms with Gasteiger partial charge >= 0.3 is 5.69 Å². The molecular weight excluding hydrogens is 447 g/mol. The summed E-state index contributed by atoms with van der Waals surface area (Å²) in [5, 5.41) is 13.4. The molecule has 3 heterocycles. The molecule has 0 aromatic carbocycles. The monoisotopic (exact) mass is 454 g/mol. The van der Waals surface area contributed by atoms with Crippen molar-refractivity contribution in [2.75, 3.05) is 10.4 Å². The van der Waals surface area contributed by atoms with E-state index in [-0.39, 0.29) is 21.8 Å². The van der Waals surface area contributed by atoms with E-state index in [2.05, 4.69) is 36.3 Å². The molecule has 3 rings (SSSR count). The Kier molecular flexibility index (Phi) is 5.50. The normalized spacial score (nSPS) is 10.4. The van der Waals surface area contributed by atoms with Crippen LogP contribution in [0.4, 0.5) is 22.9 Å². The maximum Gasteiger partial charge on any atom is 0.313 e. The number of halogens is 3. The summed E-state index contributed by atoms with van der Waals surface area (Å²) in [4.78, 5) is 23.0. The van der Waals surface area contributed by atoms with E-state index >= 15 is 0 Å². The molecule has 8 nitrogen and oxygen atoms in total. The minimum absolute atomic E-state index is 0.0552. The van der Waals surface area contributed by atoms with Gasteiger partial charge in [0.05, 0.1) is 16.3 Å². The van der Waals surface area contributed by atoms with Gasteiger partial charge in [-0.25, -0.2) is 20.0 Å². The summed E-state index contributed by atoms with van der Waals surface area (Å²) in [6.45, 7) is 0. The van der Waals surface area contributed by atoms with Gasteiger partial charge in [0.1, 0.15) is 14.9 Å². The highest BCUT2D eigenvalue weighted by Crippen LogP contribution is 2.34. The van der Waals surface area contributed by atoms with E-state index in [0.29, 0.717) is 16.0 Å². The van der Waals surface area contributed by atoms with Crippen LogP contribution in [-0.4, -0.2) is 19.9 Å². The fourth-order valence-electron chi connectivity index (χ4n) is 2.10. The van der Waals surface area contributed by atoms with Gasteiger partial charge in [-0.2, -0.15) is 0 Å². The average Bonchev–Trinajstić information content (AvgIpc) is 2.59. The van der Waals surface area contributed by atoms with E-state index in [1.807, 2.05) is 0 Å². The lowest BCUT2D eigenvalue weighted by molar-refractivity contribution is -0.384. The van der Waals surface area contributed by atoms with Gasteiger partial charge in [-0.1, -0.05) is 23.2 Å². The molecule has 0 amide bonds. The van der Waals surface area contributed by atoms with Crippen LogP contribution in [-0.2, 0) is 0 Å². The van der Waals surface area contributed by atoms with Gasteiger partial charge in [-0.05, 0) is 34.1 Å². The van der Waals surface area contributed by atoms with Crippen LogP contribution in [0, 0.1) is 10.1 Å². The van der Waals surface area contributed by atoms with E-state index in [1.54, 1.807) is 24.3 Å². The first-order chi connectivity index (χ1) is 12.4. The molecule has 132 valence electrons. The zero-order valence-electron chi connectivity index (χ0n) is 12.8. The number of hydrazine groups is 1. The van der Waals surface area contributed by atoms with Crippen LogP contribution in [0.2, 0.25) is 10.3 Å². The molecule has 0 aliphatic carbocycles. The van der Waals surface area contributed by atoms with E-state index in [9.17, 15) is 10.1 Å². The number of rotatable bonds is 5. The van der Waals surface area contributed by atoms with Gasteiger partial charge in [0.2, 0.25) is 5.82 Å². The fourth-order valence-corrected chi connectivity index (χ4v) is 2.74. The second kappa shape index (κ2) is 7.81. The molecule has 3 aromatic heterocycles. The average molecular weight is 456 g/mol. The second-order valence-corrected chi connectivity index (χ2v) is 6.47. The largest absolute Gasteiger partial charge is 0.313 e. The Bertz CT molecular complexity index is 974. The molecule has 0 saturated carbocycles. The van der Waals surface area contributed by atoms with Crippen LogP contribution in [0.15, 0.2) is 53.4 Å². The quantitative estimate of drug-likeness (QED) is 0.328. The minimum atomic E-state index is -0.522. The highest BCUT2D eigenvalue weighted by molar-refractivity contribution is 9.10. The Morgan fingerprint density at radius 1 is 1.08 bits per heavy atom. The van der Waals surface area contributed by atoms with E-state index in [4.69, 9.17) is 23.2 Å². The van der Waals surface area contributed by atoms with Crippen molar-refractivity contribution in [1.82, 2.24) is 15.0 Å². The molecule has 0 aliphatic heterocycles. The molecule has 0 fully saturated rings. The number of nitrogens with one attached hydrogen (secondary N) is 1. The topological polar surface area (TPSA) is 97.1 Å². The summed E-state index contributed by atoms with van der Waals surface area (Å²) < 4.78 is 0.429. The Labute approximate surface area is 166 Å². The summed E-state index contributed by atoms with van der Waals surface area (Å²) in [7, 11) is 0. The highest BCUT2D eigenvalue weighted by atomic mass is 79.9. The number of hydrogen-bond donors (Lipinski definition) is 1. The number of hydrogen-bond acceptors (Lipinski definition) is 7. The molecule has 0 spiro atoms. The molecule has 0 bridgehead atoms. The van der Waals surface area contributed by atoms with Crippen molar-refractivity contribution in [2.24, 2.45) is 0 Å². The molecule has 11 heteroatoms. The summed E-state index contributed by atoms with van der Waals surface area (Å²) in [5.74, 6) is 0.0552. The van der Waals surface area contributed by atoms with Crippen LogP contribution < -0.4 is 10.4 Å². The second-order valence-electron chi connectivity index (χ2n) is 4.89. The van der Waals surface area contributed by atoms with E-state index in [0.717, 1.165) is 0 Å². The molecule has 0 saturated heterocycles. The van der Waals surface area contributed by atoms with Crippen molar-refractivity contribution in [3.05, 3.63) is 73.8 Å². The number of nitrogens with zero attached hydrogens (tertiary/aromatic N) is 5. The first-order valence-corrected chi connectivity index (χ1v) is 8.60. The molecule has 0 aliphatic rings. The van der Waals surface area contributed by atoms with E-state index in [1.165, 1.54) is 29.5 Å². The fraction of sp³-hybridized carbons (Fsp3) is 0. The third-order valence-electron chi connectivity index (χ3n) is 3.16. The standard InChI is InChI=1S/C15H9BrCl2N6O2/c16-12-2-1-11(24(25)26)15(21-12)23(10-4-6-20-14(18)8-10)22-9-3-5-19-13(17)7-9/h1-8H,(H,19,22). The predicted octanol–water partition coefficient (Wildman–Crippen LogP) is 5.01. The van der Waals surface area contributed by atoms with Crippen LogP contribution in [0.5, 0.6) is 0 Å². The van der Waals surface area contributed by atoms with Gasteiger partial charge in [0.25, 0.3) is 0 Å². The lowest BCUT2D eigenvalue weighted by Crippen LogP contribution is -2.26. The summed E-state index contributed by atoms with van der Waals surface area (Å²) in [6, 6.07) is 9.25. The third kappa shape index (κ3) is 4.18.